The van der Waals surface area contributed by atoms with Gasteiger partial charge in [0.2, 0.25) is 11.8 Å². The number of aryl methyl sites for hydroxylation is 1. The van der Waals surface area contributed by atoms with Crippen molar-refractivity contribution in [1.29, 1.82) is 0 Å². The zero-order chi connectivity index (χ0) is 30.2. The first-order valence-corrected chi connectivity index (χ1v) is 14.0. The number of piperazine rings is 1. The van der Waals surface area contributed by atoms with Crippen LogP contribution in [0.25, 0.3) is 5.78 Å². The van der Waals surface area contributed by atoms with Gasteiger partial charge < -0.3 is 20.7 Å². The van der Waals surface area contributed by atoms with Gasteiger partial charge in [-0.25, -0.2) is 18.3 Å². The highest BCUT2D eigenvalue weighted by Gasteiger charge is 2.37. The maximum absolute atomic E-state index is 13.5. The van der Waals surface area contributed by atoms with Gasteiger partial charge in [-0.2, -0.15) is 23.3 Å². The first kappa shape index (κ1) is 32.9. The number of anilines is 1. The quantitative estimate of drug-likeness (QED) is 0.426. The second-order valence-corrected chi connectivity index (χ2v) is 10.5. The Hall–Kier alpha value is -2.65. The fourth-order valence-electron chi connectivity index (χ4n) is 4.91. The van der Waals surface area contributed by atoms with Gasteiger partial charge in [0.05, 0.1) is 31.0 Å². The summed E-state index contributed by atoms with van der Waals surface area (Å²) in [5, 5.41) is 6.76. The molecule has 1 saturated carbocycles. The number of aromatic nitrogens is 4. The van der Waals surface area contributed by atoms with Crippen LogP contribution in [0.3, 0.4) is 0 Å². The highest BCUT2D eigenvalue weighted by molar-refractivity contribution is 5.75. The number of alkyl halides is 5. The molecule has 2 aromatic heterocycles. The van der Waals surface area contributed by atoms with Gasteiger partial charge in [-0.05, 0) is 25.7 Å². The summed E-state index contributed by atoms with van der Waals surface area (Å²) in [4.78, 5) is 24.4. The average molecular weight is 593 g/mol. The van der Waals surface area contributed by atoms with Crippen molar-refractivity contribution in [2.75, 3.05) is 57.9 Å². The molecule has 1 saturated heterocycles. The Morgan fingerprint density at radius 1 is 1.20 bits per heavy atom. The number of rotatable bonds is 9. The molecule has 4 rings (SSSR count). The Bertz CT molecular complexity index is 1110. The molecular weight excluding hydrogens is 551 g/mol. The van der Waals surface area contributed by atoms with Crippen molar-refractivity contribution in [2.24, 2.45) is 11.7 Å². The maximum Gasteiger partial charge on any atom is 0.390 e. The number of ether oxygens (including phenoxy) is 1. The maximum atomic E-state index is 13.5. The normalized spacial score (nSPS) is 19.1. The molecule has 2 aromatic rings. The lowest BCUT2D eigenvalue weighted by molar-refractivity contribution is -0.135. The SMILES string of the molecule is CCC(=O)NCCC(F)(F)F.COCCN1CCN(c2nc3nc(C(N)C4CCC(F)(F)CC4)cn3nc2C)CC1. The van der Waals surface area contributed by atoms with Crippen LogP contribution in [0.2, 0.25) is 0 Å². The van der Waals surface area contributed by atoms with E-state index in [2.05, 4.69) is 25.2 Å². The lowest BCUT2D eigenvalue weighted by atomic mass is 9.81. The van der Waals surface area contributed by atoms with Gasteiger partial charge in [-0.15, -0.1) is 0 Å². The van der Waals surface area contributed by atoms with E-state index in [0.717, 1.165) is 50.8 Å². The molecule has 0 bridgehead atoms. The third-order valence-electron chi connectivity index (χ3n) is 7.42. The molecule has 0 spiro atoms. The monoisotopic (exact) mass is 592 g/mol. The molecule has 1 aliphatic heterocycles. The van der Waals surface area contributed by atoms with Gasteiger partial charge >= 0.3 is 6.18 Å². The Labute approximate surface area is 236 Å². The second kappa shape index (κ2) is 14.5. The van der Waals surface area contributed by atoms with Crippen LogP contribution in [0.15, 0.2) is 6.20 Å². The molecule has 1 aliphatic carbocycles. The van der Waals surface area contributed by atoms with E-state index in [4.69, 9.17) is 15.5 Å². The van der Waals surface area contributed by atoms with Gasteiger partial charge in [0.15, 0.2) is 5.82 Å². The predicted molar refractivity (Wildman–Crippen MR) is 144 cm³/mol. The topological polar surface area (TPSA) is 114 Å². The fourth-order valence-corrected chi connectivity index (χ4v) is 4.91. The molecular formula is C26H41F5N8O2. The van der Waals surface area contributed by atoms with Gasteiger partial charge in [0.25, 0.3) is 5.78 Å². The van der Waals surface area contributed by atoms with Crippen molar-refractivity contribution in [2.45, 2.75) is 70.5 Å². The molecule has 0 aromatic carbocycles. The molecule has 10 nitrogen and oxygen atoms in total. The van der Waals surface area contributed by atoms with E-state index >= 15 is 0 Å². The second-order valence-electron chi connectivity index (χ2n) is 10.5. The zero-order valence-corrected chi connectivity index (χ0v) is 23.9. The fraction of sp³-hybridized carbons (Fsp3) is 0.769. The summed E-state index contributed by atoms with van der Waals surface area (Å²) in [6.07, 6.45) is -2.50. The number of carbonyl (C=O) groups excluding carboxylic acids is 1. The van der Waals surface area contributed by atoms with Crippen molar-refractivity contribution >= 4 is 17.5 Å². The smallest absolute Gasteiger partial charge is 0.383 e. The summed E-state index contributed by atoms with van der Waals surface area (Å²) in [5.74, 6) is -1.55. The molecule has 1 amide bonds. The van der Waals surface area contributed by atoms with Crippen molar-refractivity contribution in [3.05, 3.63) is 17.6 Å². The van der Waals surface area contributed by atoms with Crippen LogP contribution in [-0.2, 0) is 9.53 Å². The third kappa shape index (κ3) is 9.99. The molecule has 3 N–H and O–H groups in total. The lowest BCUT2D eigenvalue weighted by Gasteiger charge is -2.35. The van der Waals surface area contributed by atoms with Crippen LogP contribution in [-0.4, -0.2) is 95.5 Å². The highest BCUT2D eigenvalue weighted by Crippen LogP contribution is 2.40. The molecule has 1 unspecified atom stereocenters. The lowest BCUT2D eigenvalue weighted by Crippen LogP contribution is -2.47. The van der Waals surface area contributed by atoms with Crippen LogP contribution in [0.5, 0.6) is 0 Å². The van der Waals surface area contributed by atoms with E-state index in [1.54, 1.807) is 24.7 Å². The number of nitrogens with zero attached hydrogens (tertiary/aromatic N) is 6. The Morgan fingerprint density at radius 2 is 1.85 bits per heavy atom. The highest BCUT2D eigenvalue weighted by atomic mass is 19.4. The van der Waals surface area contributed by atoms with Gasteiger partial charge in [0.1, 0.15) is 5.69 Å². The minimum absolute atomic E-state index is 0.00952. The number of fused-ring (bicyclic) bond motifs is 1. The van der Waals surface area contributed by atoms with E-state index in [1.165, 1.54) is 0 Å². The van der Waals surface area contributed by atoms with E-state index in [1.807, 2.05) is 6.92 Å². The number of hydrogen-bond acceptors (Lipinski definition) is 8. The Balaban J connectivity index is 0.000000358. The average Bonchev–Trinajstić information content (AvgIpc) is 3.34. The van der Waals surface area contributed by atoms with Crippen LogP contribution in [0, 0.1) is 12.8 Å². The molecule has 15 heteroatoms. The van der Waals surface area contributed by atoms with E-state index in [9.17, 15) is 26.7 Å². The minimum Gasteiger partial charge on any atom is -0.383 e. The first-order chi connectivity index (χ1) is 19.3. The number of nitrogens with one attached hydrogen (secondary N) is 1. The van der Waals surface area contributed by atoms with E-state index in [-0.39, 0.29) is 43.7 Å². The van der Waals surface area contributed by atoms with Crippen LogP contribution < -0.4 is 16.0 Å². The molecule has 2 fully saturated rings. The number of halogens is 5. The van der Waals surface area contributed by atoms with Crippen molar-refractivity contribution in [3.63, 3.8) is 0 Å². The number of nitrogens with two attached hydrogens (primary N) is 1. The largest absolute Gasteiger partial charge is 0.390 e. The number of hydrogen-bond donors (Lipinski definition) is 2. The zero-order valence-electron chi connectivity index (χ0n) is 23.9. The molecule has 1 atom stereocenters. The number of amides is 1. The summed E-state index contributed by atoms with van der Waals surface area (Å²) >= 11 is 0. The summed E-state index contributed by atoms with van der Waals surface area (Å²) in [6.45, 7) is 8.53. The number of methoxy groups -OCH3 is 1. The van der Waals surface area contributed by atoms with E-state index < -0.39 is 18.5 Å². The molecule has 41 heavy (non-hydrogen) atoms. The van der Waals surface area contributed by atoms with Crippen molar-refractivity contribution in [1.82, 2.24) is 29.8 Å². The summed E-state index contributed by atoms with van der Waals surface area (Å²) in [5.41, 5.74) is 7.90. The van der Waals surface area contributed by atoms with Crippen LogP contribution >= 0.6 is 0 Å². The summed E-state index contributed by atoms with van der Waals surface area (Å²) < 4.78 is 68.1. The third-order valence-corrected chi connectivity index (χ3v) is 7.42. The number of imidazole rings is 1. The van der Waals surface area contributed by atoms with Crippen molar-refractivity contribution < 1.29 is 31.5 Å². The predicted octanol–water partition coefficient (Wildman–Crippen LogP) is 3.49. The van der Waals surface area contributed by atoms with E-state index in [0.29, 0.717) is 24.3 Å². The number of carbonyl (C=O) groups is 1. The van der Waals surface area contributed by atoms with Crippen LogP contribution in [0.1, 0.15) is 62.9 Å². The molecule has 2 aliphatic rings. The molecule has 3 heterocycles. The molecule has 232 valence electrons. The Morgan fingerprint density at radius 3 is 2.44 bits per heavy atom. The van der Waals surface area contributed by atoms with Gasteiger partial charge in [0, 0.05) is 65.6 Å². The minimum atomic E-state index is -4.18. The van der Waals surface area contributed by atoms with Crippen LogP contribution in [0.4, 0.5) is 27.8 Å². The van der Waals surface area contributed by atoms with Gasteiger partial charge in [-0.1, -0.05) is 6.92 Å². The molecule has 0 radical (unpaired) electrons. The standard InChI is InChI=1S/C20H31F2N7O.C6H10F3NO/c1-14-18(28-9-7-27(8-10-28)11-12-30-2)25-19-24-16(13-29(19)26-14)17(23)15-3-5-20(21,22)6-4-15;1-2-5(11)10-4-3-6(7,8)9/h13,15,17H,3-12,23H2,1-2H3;2-4H2,1H3,(H,10,11). The first-order valence-electron chi connectivity index (χ1n) is 14.0. The summed E-state index contributed by atoms with van der Waals surface area (Å²) in [7, 11) is 1.72. The summed E-state index contributed by atoms with van der Waals surface area (Å²) in [6, 6.07) is -0.377. The van der Waals surface area contributed by atoms with Crippen molar-refractivity contribution in [3.8, 4) is 0 Å². The Kier molecular flexibility index (Phi) is 11.6. The van der Waals surface area contributed by atoms with Gasteiger partial charge in [-0.3, -0.25) is 9.69 Å².